The number of halogens is 7. The summed E-state index contributed by atoms with van der Waals surface area (Å²) >= 11 is 39.8. The fourth-order valence-corrected chi connectivity index (χ4v) is 2.75. The molecule has 0 saturated heterocycles. The monoisotopic (exact) mass is 334 g/mol. The van der Waals surface area contributed by atoms with Crippen LogP contribution in [0.25, 0.3) is 0 Å². The van der Waals surface area contributed by atoms with Gasteiger partial charge in [0.15, 0.2) is 14.4 Å². The highest BCUT2D eigenvalue weighted by Gasteiger charge is 2.61. The first-order valence-corrected chi connectivity index (χ1v) is 5.84. The predicted octanol–water partition coefficient (Wildman–Crippen LogP) is 4.21. The Morgan fingerprint density at radius 2 is 1.50 bits per heavy atom. The van der Waals surface area contributed by atoms with Crippen molar-refractivity contribution in [2.75, 3.05) is 0 Å². The van der Waals surface area contributed by atoms with Crippen LogP contribution in [0.1, 0.15) is 0 Å². The molecule has 0 aliphatic heterocycles. The number of hydrogen-bond donors (Lipinski definition) is 0. The second kappa shape index (κ2) is 4.03. The van der Waals surface area contributed by atoms with Gasteiger partial charge < -0.3 is 0 Å². The second-order valence-electron chi connectivity index (χ2n) is 2.55. The molecule has 1 unspecified atom stereocenters. The maximum absolute atomic E-state index is 11.3. The van der Waals surface area contributed by atoms with Gasteiger partial charge in [0.1, 0.15) is 10.4 Å². The van der Waals surface area contributed by atoms with Gasteiger partial charge in [0.25, 0.3) is 0 Å². The van der Waals surface area contributed by atoms with Crippen LogP contribution in [0.3, 0.4) is 0 Å². The van der Waals surface area contributed by atoms with Gasteiger partial charge in [-0.3, -0.25) is 4.79 Å². The van der Waals surface area contributed by atoms with E-state index in [1.54, 1.807) is 0 Å². The number of carbonyl (C=O) groups is 1. The van der Waals surface area contributed by atoms with Gasteiger partial charge in [-0.2, -0.15) is 0 Å². The van der Waals surface area contributed by atoms with E-state index in [0.29, 0.717) is 0 Å². The maximum atomic E-state index is 11.3. The maximum Gasteiger partial charge on any atom is 0.196 e. The van der Waals surface area contributed by atoms with E-state index in [2.05, 4.69) is 0 Å². The van der Waals surface area contributed by atoms with Gasteiger partial charge in [-0.15, -0.1) is 11.6 Å². The Morgan fingerprint density at radius 3 is 1.93 bits per heavy atom. The predicted molar refractivity (Wildman–Crippen MR) is 62.3 cm³/mol. The molecule has 0 N–H and O–H groups in total. The van der Waals surface area contributed by atoms with Crippen LogP contribution in [0, 0.1) is 0 Å². The summed E-state index contributed by atoms with van der Waals surface area (Å²) in [5, 5.41) is -2.03. The molecule has 1 aliphatic carbocycles. The molecule has 0 amide bonds. The largest absolute Gasteiger partial charge is 0.291 e. The summed E-state index contributed by atoms with van der Waals surface area (Å²) in [4.78, 5) is 11.3. The third kappa shape index (κ3) is 1.75. The highest BCUT2D eigenvalue weighted by molar-refractivity contribution is 6.72. The van der Waals surface area contributed by atoms with E-state index in [4.69, 9.17) is 81.2 Å². The van der Waals surface area contributed by atoms with Crippen molar-refractivity contribution in [3.8, 4) is 0 Å². The van der Waals surface area contributed by atoms with Crippen molar-refractivity contribution in [2.24, 2.45) is 0 Å². The number of alkyl halides is 5. The van der Waals surface area contributed by atoms with Crippen molar-refractivity contribution in [1.82, 2.24) is 0 Å². The molecule has 1 atom stereocenters. The Hall–Kier alpha value is 1.44. The third-order valence-electron chi connectivity index (χ3n) is 1.65. The van der Waals surface area contributed by atoms with Crippen molar-refractivity contribution in [2.45, 2.75) is 14.0 Å². The molecule has 0 fully saturated rings. The topological polar surface area (TPSA) is 17.1 Å². The number of hydrogen-bond acceptors (Lipinski definition) is 1. The summed E-state index contributed by atoms with van der Waals surface area (Å²) < 4.78 is -3.83. The van der Waals surface area contributed by atoms with Gasteiger partial charge in [0.2, 0.25) is 0 Å². The van der Waals surface area contributed by atoms with Crippen molar-refractivity contribution in [3.63, 3.8) is 0 Å². The van der Waals surface area contributed by atoms with Crippen molar-refractivity contribution >= 4 is 87.0 Å². The van der Waals surface area contributed by atoms with E-state index in [0.717, 1.165) is 0 Å². The SMILES string of the molecule is O=C1C(Cl)=C(Cl)C(Cl)(Cl)C(Cl)(Cl)C1Cl. The molecule has 1 aliphatic rings. The average Bonchev–Trinajstić information content (AvgIpc) is 2.10. The lowest BCUT2D eigenvalue weighted by Gasteiger charge is -2.38. The summed E-state index contributed by atoms with van der Waals surface area (Å²) in [7, 11) is 0. The Morgan fingerprint density at radius 1 is 1.07 bits per heavy atom. The van der Waals surface area contributed by atoms with Crippen LogP contribution in [0.2, 0.25) is 0 Å². The fourth-order valence-electron chi connectivity index (χ4n) is 0.827. The fraction of sp³-hybridized carbons (Fsp3) is 0.500. The smallest absolute Gasteiger partial charge is 0.196 e. The Kier molecular flexibility index (Phi) is 3.89. The molecule has 14 heavy (non-hydrogen) atoms. The molecule has 0 heterocycles. The molecular formula is C6HCl7O. The van der Waals surface area contributed by atoms with E-state index in [1.807, 2.05) is 0 Å². The summed E-state index contributed by atoms with van der Waals surface area (Å²) in [5.41, 5.74) is 0. The number of ketones is 1. The summed E-state index contributed by atoms with van der Waals surface area (Å²) in [6.07, 6.45) is 0. The van der Waals surface area contributed by atoms with Crippen LogP contribution in [0.5, 0.6) is 0 Å². The van der Waals surface area contributed by atoms with Gasteiger partial charge >= 0.3 is 0 Å². The van der Waals surface area contributed by atoms with Gasteiger partial charge in [-0.05, 0) is 0 Å². The molecule has 0 aromatic carbocycles. The Labute approximate surface area is 115 Å². The van der Waals surface area contributed by atoms with Crippen LogP contribution in [0.15, 0.2) is 10.1 Å². The average molecular weight is 337 g/mol. The number of allylic oxidation sites excluding steroid dienone is 2. The molecule has 0 saturated carbocycles. The van der Waals surface area contributed by atoms with E-state index in [9.17, 15) is 4.79 Å². The first kappa shape index (κ1) is 13.5. The molecule has 0 bridgehead atoms. The van der Waals surface area contributed by atoms with Crippen LogP contribution >= 0.6 is 81.2 Å². The van der Waals surface area contributed by atoms with Crippen molar-refractivity contribution in [1.29, 1.82) is 0 Å². The molecule has 80 valence electrons. The van der Waals surface area contributed by atoms with E-state index in [-0.39, 0.29) is 10.1 Å². The lowest BCUT2D eigenvalue weighted by atomic mass is 10.0. The van der Waals surface area contributed by atoms with Crippen molar-refractivity contribution < 1.29 is 4.79 Å². The zero-order valence-corrected chi connectivity index (χ0v) is 11.4. The highest BCUT2D eigenvalue weighted by Crippen LogP contribution is 2.56. The van der Waals surface area contributed by atoms with Crippen LogP contribution < -0.4 is 0 Å². The third-order valence-corrected chi connectivity index (χ3v) is 5.90. The van der Waals surface area contributed by atoms with Crippen molar-refractivity contribution in [3.05, 3.63) is 10.1 Å². The van der Waals surface area contributed by atoms with Gasteiger partial charge in [-0.1, -0.05) is 69.6 Å². The normalized spacial score (nSPS) is 30.8. The van der Waals surface area contributed by atoms with E-state index in [1.165, 1.54) is 0 Å². The van der Waals surface area contributed by atoms with Gasteiger partial charge in [0, 0.05) is 0 Å². The van der Waals surface area contributed by atoms with Crippen LogP contribution in [-0.4, -0.2) is 19.8 Å². The lowest BCUT2D eigenvalue weighted by Crippen LogP contribution is -2.51. The number of Topliss-reactive ketones (excluding diaryl/α,β-unsaturated/α-hetero) is 1. The summed E-state index contributed by atoms with van der Waals surface area (Å²) in [6.45, 7) is 0. The number of rotatable bonds is 0. The molecule has 0 aromatic rings. The van der Waals surface area contributed by atoms with Crippen LogP contribution in [0.4, 0.5) is 0 Å². The molecule has 8 heteroatoms. The summed E-state index contributed by atoms with van der Waals surface area (Å²) in [5.74, 6) is -0.708. The molecule has 0 spiro atoms. The van der Waals surface area contributed by atoms with Gasteiger partial charge in [0.05, 0.1) is 5.03 Å². The first-order valence-electron chi connectivity index (χ1n) is 3.13. The summed E-state index contributed by atoms with van der Waals surface area (Å²) in [6, 6.07) is 0. The lowest BCUT2D eigenvalue weighted by molar-refractivity contribution is -0.115. The zero-order chi connectivity index (χ0) is 11.3. The zero-order valence-electron chi connectivity index (χ0n) is 6.13. The van der Waals surface area contributed by atoms with Gasteiger partial charge in [-0.25, -0.2) is 0 Å². The molecule has 1 nitrogen and oxygen atoms in total. The van der Waals surface area contributed by atoms with E-state index >= 15 is 0 Å². The van der Waals surface area contributed by atoms with E-state index < -0.39 is 19.8 Å². The molecule has 0 radical (unpaired) electrons. The minimum Gasteiger partial charge on any atom is -0.291 e. The Balaban J connectivity index is 3.41. The molecular weight excluding hydrogens is 336 g/mol. The minimum atomic E-state index is -1.93. The number of carbonyl (C=O) groups excluding carboxylic acids is 1. The molecule has 0 aromatic heterocycles. The molecule has 1 rings (SSSR count). The first-order chi connectivity index (χ1) is 6.14. The quantitative estimate of drug-likeness (QED) is 0.605. The van der Waals surface area contributed by atoms with Crippen LogP contribution in [-0.2, 0) is 4.79 Å². The second-order valence-corrected chi connectivity index (χ2v) is 6.46. The minimum absolute atomic E-state index is 0.325. The Bertz CT molecular complexity index is 318. The highest BCUT2D eigenvalue weighted by atomic mass is 35.5. The standard InChI is InChI=1S/C6HCl7O/c7-1-2(14)4(9)6(12,13)5(10,11)3(1)8/h4H.